The second kappa shape index (κ2) is 8.41. The third-order valence-electron chi connectivity index (χ3n) is 4.87. The number of carbonyl (C=O) groups excluding carboxylic acids is 2. The molecule has 2 aromatic rings. The monoisotopic (exact) mass is 389 g/mol. The van der Waals surface area contributed by atoms with E-state index in [2.05, 4.69) is 5.10 Å². The lowest BCUT2D eigenvalue weighted by molar-refractivity contribution is 0.0642. The summed E-state index contributed by atoms with van der Waals surface area (Å²) in [5.74, 6) is -2.63. The molecule has 0 N–H and O–H groups in total. The molecule has 1 aliphatic heterocycles. The molecule has 148 valence electrons. The number of aryl methyl sites for hydroxylation is 1. The zero-order valence-corrected chi connectivity index (χ0v) is 15.5. The van der Waals surface area contributed by atoms with Crippen molar-refractivity contribution >= 4 is 11.7 Å². The van der Waals surface area contributed by atoms with Crippen LogP contribution in [0.25, 0.3) is 0 Å². The molecular formula is C20H21F2N3O3. The fourth-order valence-corrected chi connectivity index (χ4v) is 3.35. The van der Waals surface area contributed by atoms with Crippen LogP contribution in [0.1, 0.15) is 47.0 Å². The van der Waals surface area contributed by atoms with Crippen molar-refractivity contribution < 1.29 is 18.4 Å². The second-order valence-electron chi connectivity index (χ2n) is 6.83. The normalized spacial score (nSPS) is 14.9. The number of aromatic nitrogens is 2. The number of likely N-dealkylation sites (tertiary alicyclic amines) is 1. The molecule has 0 unspecified atom stereocenters. The van der Waals surface area contributed by atoms with Crippen LogP contribution in [0.4, 0.5) is 8.78 Å². The third kappa shape index (κ3) is 4.16. The Bertz CT molecular complexity index is 950. The van der Waals surface area contributed by atoms with E-state index in [0.717, 1.165) is 18.2 Å². The molecule has 1 fully saturated rings. The molecule has 1 aromatic heterocycles. The summed E-state index contributed by atoms with van der Waals surface area (Å²) in [6.45, 7) is 2.95. The lowest BCUT2D eigenvalue weighted by Crippen LogP contribution is -2.41. The Morgan fingerprint density at radius 2 is 1.86 bits per heavy atom. The van der Waals surface area contributed by atoms with Crippen molar-refractivity contribution in [1.29, 1.82) is 0 Å². The van der Waals surface area contributed by atoms with Gasteiger partial charge in [-0.05, 0) is 43.5 Å². The summed E-state index contributed by atoms with van der Waals surface area (Å²) >= 11 is 0. The van der Waals surface area contributed by atoms with Gasteiger partial charge in [-0.25, -0.2) is 13.5 Å². The predicted octanol–water partition coefficient (Wildman–Crippen LogP) is 2.67. The molecule has 0 spiro atoms. The van der Waals surface area contributed by atoms with Crippen molar-refractivity contribution in [2.24, 2.45) is 5.92 Å². The fraction of sp³-hybridized carbons (Fsp3) is 0.400. The Balaban J connectivity index is 1.67. The summed E-state index contributed by atoms with van der Waals surface area (Å²) in [5, 5.41) is 4.11. The molecule has 1 aromatic carbocycles. The van der Waals surface area contributed by atoms with Crippen LogP contribution in [0.15, 0.2) is 35.1 Å². The van der Waals surface area contributed by atoms with Gasteiger partial charge >= 0.3 is 0 Å². The summed E-state index contributed by atoms with van der Waals surface area (Å²) in [7, 11) is 0. The van der Waals surface area contributed by atoms with Gasteiger partial charge in [-0.3, -0.25) is 14.4 Å². The highest BCUT2D eigenvalue weighted by Gasteiger charge is 2.30. The Hall–Kier alpha value is -2.90. The van der Waals surface area contributed by atoms with Crippen LogP contribution in [-0.2, 0) is 6.54 Å². The van der Waals surface area contributed by atoms with Crippen molar-refractivity contribution in [2.45, 2.75) is 32.7 Å². The molecule has 1 saturated heterocycles. The minimum absolute atomic E-state index is 0.175. The fourth-order valence-electron chi connectivity index (χ4n) is 3.35. The average Bonchev–Trinajstić information content (AvgIpc) is 2.70. The van der Waals surface area contributed by atoms with Gasteiger partial charge in [0.2, 0.25) is 0 Å². The number of hydrogen-bond donors (Lipinski definition) is 0. The van der Waals surface area contributed by atoms with E-state index in [1.165, 1.54) is 16.8 Å². The van der Waals surface area contributed by atoms with E-state index in [4.69, 9.17) is 0 Å². The molecule has 0 atom stereocenters. The number of Topliss-reactive ketones (excluding diaryl/α,β-unsaturated/α-hetero) is 1. The largest absolute Gasteiger partial charge is 0.337 e. The Kier molecular flexibility index (Phi) is 5.96. The lowest BCUT2D eigenvalue weighted by atomic mass is 9.88. The smallest absolute Gasteiger partial charge is 0.274 e. The van der Waals surface area contributed by atoms with Crippen LogP contribution in [0, 0.1) is 17.6 Å². The van der Waals surface area contributed by atoms with Gasteiger partial charge in [0.15, 0.2) is 5.78 Å². The van der Waals surface area contributed by atoms with E-state index < -0.39 is 23.3 Å². The predicted molar refractivity (Wildman–Crippen MR) is 98.1 cm³/mol. The minimum Gasteiger partial charge on any atom is -0.337 e. The molecule has 8 heteroatoms. The summed E-state index contributed by atoms with van der Waals surface area (Å²) in [4.78, 5) is 38.5. The van der Waals surface area contributed by atoms with Gasteiger partial charge in [0.05, 0.1) is 5.56 Å². The van der Waals surface area contributed by atoms with E-state index in [1.807, 2.05) is 6.92 Å². The zero-order chi connectivity index (χ0) is 20.3. The maximum absolute atomic E-state index is 13.8. The van der Waals surface area contributed by atoms with Gasteiger partial charge in [0, 0.05) is 31.6 Å². The Morgan fingerprint density at radius 1 is 1.14 bits per heavy atom. The van der Waals surface area contributed by atoms with Gasteiger partial charge in [-0.1, -0.05) is 6.92 Å². The minimum atomic E-state index is -0.743. The number of halogens is 2. The van der Waals surface area contributed by atoms with E-state index >= 15 is 0 Å². The molecule has 0 saturated carbocycles. The molecule has 1 amide bonds. The summed E-state index contributed by atoms with van der Waals surface area (Å²) < 4.78 is 28.4. The number of ketones is 1. The molecule has 3 rings (SSSR count). The van der Waals surface area contributed by atoms with Gasteiger partial charge in [-0.2, -0.15) is 5.10 Å². The van der Waals surface area contributed by atoms with Crippen molar-refractivity contribution in [2.75, 3.05) is 13.1 Å². The molecule has 28 heavy (non-hydrogen) atoms. The van der Waals surface area contributed by atoms with Crippen molar-refractivity contribution in [3.63, 3.8) is 0 Å². The van der Waals surface area contributed by atoms with Crippen molar-refractivity contribution in [3.05, 3.63) is 63.6 Å². The average molecular weight is 389 g/mol. The van der Waals surface area contributed by atoms with Crippen LogP contribution in [0.5, 0.6) is 0 Å². The lowest BCUT2D eigenvalue weighted by Gasteiger charge is -2.31. The number of benzene rings is 1. The first kappa shape index (κ1) is 19.9. The van der Waals surface area contributed by atoms with Crippen molar-refractivity contribution in [3.8, 4) is 0 Å². The van der Waals surface area contributed by atoms with E-state index in [9.17, 15) is 23.2 Å². The maximum atomic E-state index is 13.8. The number of rotatable bonds is 5. The molecule has 0 aliphatic carbocycles. The quantitative estimate of drug-likeness (QED) is 0.737. The van der Waals surface area contributed by atoms with Crippen LogP contribution < -0.4 is 5.56 Å². The first-order valence-corrected chi connectivity index (χ1v) is 9.27. The van der Waals surface area contributed by atoms with Gasteiger partial charge in [0.25, 0.3) is 11.5 Å². The summed E-state index contributed by atoms with van der Waals surface area (Å²) in [5.41, 5.74) is -0.341. The molecule has 0 bridgehead atoms. The zero-order valence-electron chi connectivity index (χ0n) is 15.5. The van der Waals surface area contributed by atoms with E-state index in [1.54, 1.807) is 4.90 Å². The number of piperidine rings is 1. The van der Waals surface area contributed by atoms with E-state index in [-0.39, 0.29) is 22.7 Å². The Labute approximate surface area is 160 Å². The van der Waals surface area contributed by atoms with Gasteiger partial charge in [0.1, 0.15) is 17.3 Å². The van der Waals surface area contributed by atoms with Crippen LogP contribution >= 0.6 is 0 Å². The molecule has 6 nitrogen and oxygen atoms in total. The highest BCUT2D eigenvalue weighted by molar-refractivity contribution is 5.98. The SMILES string of the molecule is CCCn1nc(C(=O)N2CCC(C(=O)c3cc(F)ccc3F)CC2)ccc1=O. The number of amides is 1. The number of hydrogen-bond acceptors (Lipinski definition) is 4. The topological polar surface area (TPSA) is 72.3 Å². The summed E-state index contributed by atoms with van der Waals surface area (Å²) in [6.07, 6.45) is 1.43. The number of nitrogens with zero attached hydrogens (tertiary/aromatic N) is 3. The maximum Gasteiger partial charge on any atom is 0.274 e. The molecular weight excluding hydrogens is 368 g/mol. The third-order valence-corrected chi connectivity index (χ3v) is 4.87. The van der Waals surface area contributed by atoms with Crippen LogP contribution in [-0.4, -0.2) is 39.5 Å². The van der Waals surface area contributed by atoms with Gasteiger partial charge < -0.3 is 4.90 Å². The molecule has 2 heterocycles. The highest BCUT2D eigenvalue weighted by Crippen LogP contribution is 2.24. The molecule has 0 radical (unpaired) electrons. The van der Waals surface area contributed by atoms with Gasteiger partial charge in [-0.15, -0.1) is 0 Å². The van der Waals surface area contributed by atoms with Crippen LogP contribution in [0.2, 0.25) is 0 Å². The first-order valence-electron chi connectivity index (χ1n) is 9.27. The number of carbonyl (C=O) groups is 2. The van der Waals surface area contributed by atoms with Crippen LogP contribution in [0.3, 0.4) is 0 Å². The second-order valence-corrected chi connectivity index (χ2v) is 6.83. The Morgan fingerprint density at radius 3 is 2.54 bits per heavy atom. The van der Waals surface area contributed by atoms with E-state index in [0.29, 0.717) is 38.9 Å². The standard InChI is InChI=1S/C20H21F2N3O3/c1-2-9-25-18(26)6-5-17(23-25)20(28)24-10-7-13(8-11-24)19(27)15-12-14(21)3-4-16(15)22/h3-6,12-13H,2,7-11H2,1H3. The summed E-state index contributed by atoms with van der Waals surface area (Å²) in [6, 6.07) is 5.54. The first-order chi connectivity index (χ1) is 13.4. The highest BCUT2D eigenvalue weighted by atomic mass is 19.1. The van der Waals surface area contributed by atoms with Crippen molar-refractivity contribution in [1.82, 2.24) is 14.7 Å². The molecule has 1 aliphatic rings.